The minimum Gasteiger partial charge on any atom is -0.481 e. The Bertz CT molecular complexity index is 421. The normalized spacial score (nSPS) is 13.1. The van der Waals surface area contributed by atoms with Gasteiger partial charge >= 0.3 is 11.9 Å². The van der Waals surface area contributed by atoms with E-state index in [-0.39, 0.29) is 11.8 Å². The van der Waals surface area contributed by atoms with E-state index in [0.29, 0.717) is 0 Å². The van der Waals surface area contributed by atoms with Crippen LogP contribution in [0, 0.1) is 11.8 Å². The Kier molecular flexibility index (Phi) is 24.3. The molecule has 0 aliphatic carbocycles. The first-order chi connectivity index (χ1) is 16.5. The summed E-state index contributed by atoms with van der Waals surface area (Å²) >= 11 is 0. The minimum absolute atomic E-state index is 0.120. The van der Waals surface area contributed by atoms with Crippen LogP contribution in [0.25, 0.3) is 0 Å². The van der Waals surface area contributed by atoms with Gasteiger partial charge in [-0.3, -0.25) is 9.59 Å². The zero-order chi connectivity index (χ0) is 25.3. The smallest absolute Gasteiger partial charge is 0.306 e. The van der Waals surface area contributed by atoms with Crippen LogP contribution < -0.4 is 0 Å². The van der Waals surface area contributed by atoms with Gasteiger partial charge in [0.15, 0.2) is 0 Å². The van der Waals surface area contributed by atoms with Crippen molar-refractivity contribution in [1.82, 2.24) is 0 Å². The third-order valence-corrected chi connectivity index (χ3v) is 7.33. The lowest BCUT2D eigenvalue weighted by Gasteiger charge is -2.10. The van der Waals surface area contributed by atoms with E-state index in [4.69, 9.17) is 0 Å². The third kappa shape index (κ3) is 21.5. The zero-order valence-corrected chi connectivity index (χ0v) is 22.8. The molecule has 0 heterocycles. The number of hydrogen-bond donors (Lipinski definition) is 2. The van der Waals surface area contributed by atoms with Gasteiger partial charge in [0.2, 0.25) is 0 Å². The van der Waals surface area contributed by atoms with Gasteiger partial charge in [0.1, 0.15) is 0 Å². The average molecular weight is 483 g/mol. The van der Waals surface area contributed by atoms with E-state index in [2.05, 4.69) is 13.8 Å². The summed E-state index contributed by atoms with van der Waals surface area (Å²) in [5.74, 6) is -1.45. The van der Waals surface area contributed by atoms with Crippen molar-refractivity contribution in [3.63, 3.8) is 0 Å². The molecular weight excluding hydrogens is 424 g/mol. The van der Waals surface area contributed by atoms with Crippen LogP contribution in [-0.2, 0) is 9.59 Å². The van der Waals surface area contributed by atoms with E-state index in [1.54, 1.807) is 0 Å². The second kappa shape index (κ2) is 25.0. The summed E-state index contributed by atoms with van der Waals surface area (Å²) < 4.78 is 0. The fourth-order valence-corrected chi connectivity index (χ4v) is 5.09. The molecule has 0 saturated heterocycles. The summed E-state index contributed by atoms with van der Waals surface area (Å²) in [6, 6.07) is 0. The fraction of sp³-hybridized carbons (Fsp3) is 0.933. The van der Waals surface area contributed by atoms with Crippen molar-refractivity contribution in [3.8, 4) is 0 Å². The molecule has 0 aliphatic rings. The molecule has 0 aromatic heterocycles. The lowest BCUT2D eigenvalue weighted by atomic mass is 9.96. The molecule has 0 rings (SSSR count). The van der Waals surface area contributed by atoms with E-state index < -0.39 is 11.9 Å². The van der Waals surface area contributed by atoms with Crippen molar-refractivity contribution < 1.29 is 19.8 Å². The molecule has 0 radical (unpaired) electrons. The summed E-state index contributed by atoms with van der Waals surface area (Å²) in [6.45, 7) is 4.13. The highest BCUT2D eigenvalue weighted by Crippen LogP contribution is 2.19. The van der Waals surface area contributed by atoms with Crippen LogP contribution in [0.3, 0.4) is 0 Å². The summed E-state index contributed by atoms with van der Waals surface area (Å²) in [5.41, 5.74) is 0. The van der Waals surface area contributed by atoms with Crippen molar-refractivity contribution in [1.29, 1.82) is 0 Å². The highest BCUT2D eigenvalue weighted by atomic mass is 16.4. The number of unbranched alkanes of at least 4 members (excludes halogenated alkanes) is 17. The van der Waals surface area contributed by atoms with Gasteiger partial charge in [-0.15, -0.1) is 0 Å². The number of hydrogen-bond acceptors (Lipinski definition) is 2. The van der Waals surface area contributed by atoms with Crippen LogP contribution in [0.5, 0.6) is 0 Å². The van der Waals surface area contributed by atoms with Crippen LogP contribution in [0.15, 0.2) is 0 Å². The first-order valence-corrected chi connectivity index (χ1v) is 15.0. The highest BCUT2D eigenvalue weighted by molar-refractivity contribution is 5.70. The van der Waals surface area contributed by atoms with Gasteiger partial charge in [0.25, 0.3) is 0 Å². The molecule has 0 spiro atoms. The topological polar surface area (TPSA) is 74.6 Å². The highest BCUT2D eigenvalue weighted by Gasteiger charge is 2.16. The van der Waals surface area contributed by atoms with Gasteiger partial charge in [0.05, 0.1) is 11.8 Å². The Morgan fingerprint density at radius 3 is 0.794 bits per heavy atom. The molecule has 2 atom stereocenters. The van der Waals surface area contributed by atoms with Crippen LogP contribution in [-0.4, -0.2) is 22.2 Å². The molecule has 0 aromatic carbocycles. The maximum absolute atomic E-state index is 11.1. The summed E-state index contributed by atoms with van der Waals surface area (Å²) in [5, 5.41) is 18.4. The second-order valence-electron chi connectivity index (χ2n) is 10.6. The summed E-state index contributed by atoms with van der Waals surface area (Å²) in [7, 11) is 0. The van der Waals surface area contributed by atoms with Crippen molar-refractivity contribution >= 4 is 11.9 Å². The lowest BCUT2D eigenvalue weighted by molar-refractivity contribution is -0.143. The number of aliphatic carboxylic acids is 2. The summed E-state index contributed by atoms with van der Waals surface area (Å²) in [4.78, 5) is 22.3. The first kappa shape index (κ1) is 32.9. The molecule has 4 heteroatoms. The van der Waals surface area contributed by atoms with Crippen LogP contribution in [0.1, 0.15) is 168 Å². The van der Waals surface area contributed by atoms with Gasteiger partial charge in [-0.2, -0.15) is 0 Å². The molecular formula is C30H58O4. The number of carboxylic acid groups (broad SMARTS) is 2. The third-order valence-electron chi connectivity index (χ3n) is 7.33. The Hall–Kier alpha value is -1.06. The van der Waals surface area contributed by atoms with E-state index >= 15 is 0 Å². The van der Waals surface area contributed by atoms with Crippen molar-refractivity contribution in [2.24, 2.45) is 11.8 Å². The SMILES string of the molecule is CCCC(CCCCCCCCCCCCCCCCCCCCC(CCC)C(=O)O)C(=O)O. The molecule has 0 fully saturated rings. The molecule has 0 bridgehead atoms. The summed E-state index contributed by atoms with van der Waals surface area (Å²) in [6.07, 6.45) is 28.7. The second-order valence-corrected chi connectivity index (χ2v) is 10.6. The molecule has 2 unspecified atom stereocenters. The minimum atomic E-state index is -0.607. The first-order valence-electron chi connectivity index (χ1n) is 15.0. The van der Waals surface area contributed by atoms with Crippen LogP contribution in [0.4, 0.5) is 0 Å². The van der Waals surface area contributed by atoms with Gasteiger partial charge < -0.3 is 10.2 Å². The standard InChI is InChI=1S/C30H58O4/c1-3-23-27(29(31)32)25-21-19-17-15-13-11-9-7-5-6-8-10-12-14-16-18-20-22-26-28(24-4-2)30(33)34/h27-28H,3-26H2,1-2H3,(H,31,32)(H,33,34). The lowest BCUT2D eigenvalue weighted by Crippen LogP contribution is -2.13. The molecule has 0 saturated carbocycles. The number of rotatable bonds is 27. The Labute approximate surface area is 211 Å². The number of carboxylic acids is 2. The van der Waals surface area contributed by atoms with E-state index in [0.717, 1.165) is 51.4 Å². The fourth-order valence-electron chi connectivity index (χ4n) is 5.09. The Morgan fingerprint density at radius 2 is 0.618 bits per heavy atom. The average Bonchev–Trinajstić information content (AvgIpc) is 2.81. The predicted octanol–water partition coefficient (Wildman–Crippen LogP) is 9.79. The van der Waals surface area contributed by atoms with Crippen LogP contribution in [0.2, 0.25) is 0 Å². The van der Waals surface area contributed by atoms with E-state index in [1.165, 1.54) is 103 Å². The van der Waals surface area contributed by atoms with Crippen molar-refractivity contribution in [3.05, 3.63) is 0 Å². The predicted molar refractivity (Wildman–Crippen MR) is 144 cm³/mol. The molecule has 0 amide bonds. The van der Waals surface area contributed by atoms with E-state index in [9.17, 15) is 19.8 Å². The Morgan fingerprint density at radius 1 is 0.412 bits per heavy atom. The maximum Gasteiger partial charge on any atom is 0.306 e. The largest absolute Gasteiger partial charge is 0.481 e. The van der Waals surface area contributed by atoms with Gasteiger partial charge in [0, 0.05) is 0 Å². The molecule has 4 nitrogen and oxygen atoms in total. The maximum atomic E-state index is 11.1. The van der Waals surface area contributed by atoms with Gasteiger partial charge in [-0.25, -0.2) is 0 Å². The molecule has 2 N–H and O–H groups in total. The van der Waals surface area contributed by atoms with Crippen molar-refractivity contribution in [2.75, 3.05) is 0 Å². The van der Waals surface area contributed by atoms with Gasteiger partial charge in [-0.1, -0.05) is 142 Å². The zero-order valence-electron chi connectivity index (χ0n) is 22.8. The Balaban J connectivity index is 3.26. The molecule has 0 aliphatic heterocycles. The molecule has 0 aromatic rings. The van der Waals surface area contributed by atoms with Crippen molar-refractivity contribution in [2.45, 2.75) is 168 Å². The van der Waals surface area contributed by atoms with Gasteiger partial charge in [-0.05, 0) is 25.7 Å². The molecule has 202 valence electrons. The number of carbonyl (C=O) groups is 2. The monoisotopic (exact) mass is 482 g/mol. The van der Waals surface area contributed by atoms with E-state index in [1.807, 2.05) is 0 Å². The van der Waals surface area contributed by atoms with Crippen LogP contribution >= 0.6 is 0 Å². The quantitative estimate of drug-likeness (QED) is 0.114. The molecule has 34 heavy (non-hydrogen) atoms.